The third-order valence-electron chi connectivity index (χ3n) is 4.31. The molecule has 2 amide bonds. The Kier molecular flexibility index (Phi) is 1.73. The summed E-state index contributed by atoms with van der Waals surface area (Å²) in [5.74, 6) is 0.0963. The number of rotatable bonds is 1. The summed E-state index contributed by atoms with van der Waals surface area (Å²) in [6.07, 6.45) is 5.09. The van der Waals surface area contributed by atoms with E-state index < -0.39 is 0 Å². The second-order valence-electron chi connectivity index (χ2n) is 5.32. The van der Waals surface area contributed by atoms with Crippen molar-refractivity contribution in [3.63, 3.8) is 0 Å². The molecule has 1 aromatic rings. The molecular weight excluding hydrogens is 232 g/mol. The number of imide groups is 1. The second-order valence-corrected chi connectivity index (χ2v) is 5.32. The van der Waals surface area contributed by atoms with Crippen molar-refractivity contribution in [2.45, 2.75) is 13.3 Å². The molecule has 0 spiro atoms. The van der Waals surface area contributed by atoms with Gasteiger partial charge >= 0.3 is 0 Å². The number of allylic oxidation sites excluding steroid dienone is 2. The Balaban J connectivity index is 1.76. The van der Waals surface area contributed by atoms with Crippen LogP contribution in [0.1, 0.15) is 12.1 Å². The first-order chi connectivity index (χ1) is 8.66. The summed E-state index contributed by atoms with van der Waals surface area (Å²) in [6, 6.07) is 1.63. The molecule has 5 heteroatoms. The van der Waals surface area contributed by atoms with Crippen LogP contribution in [0.5, 0.6) is 0 Å². The molecule has 4 rings (SSSR count). The number of aryl methyl sites for hydroxylation is 1. The van der Waals surface area contributed by atoms with Crippen molar-refractivity contribution in [2.24, 2.45) is 23.7 Å². The average molecular weight is 244 g/mol. The van der Waals surface area contributed by atoms with Crippen LogP contribution >= 0.6 is 0 Å². The Morgan fingerprint density at radius 1 is 1.22 bits per heavy atom. The molecule has 92 valence electrons. The van der Waals surface area contributed by atoms with Gasteiger partial charge in [-0.3, -0.25) is 9.59 Å². The SMILES string of the molecule is Cc1cc(N2C(=O)[C@@H]3[C@H](C2=O)[C@@H]2C=C[C@H]3C2)on1. The van der Waals surface area contributed by atoms with E-state index in [1.807, 2.05) is 0 Å². The van der Waals surface area contributed by atoms with Crippen molar-refractivity contribution in [1.82, 2.24) is 5.16 Å². The van der Waals surface area contributed by atoms with Crippen LogP contribution in [0, 0.1) is 30.6 Å². The van der Waals surface area contributed by atoms with E-state index >= 15 is 0 Å². The molecule has 0 unspecified atom stereocenters. The van der Waals surface area contributed by atoms with Crippen molar-refractivity contribution in [3.05, 3.63) is 23.9 Å². The van der Waals surface area contributed by atoms with E-state index in [2.05, 4.69) is 17.3 Å². The van der Waals surface area contributed by atoms with Crippen molar-refractivity contribution in [1.29, 1.82) is 0 Å². The van der Waals surface area contributed by atoms with Gasteiger partial charge in [-0.15, -0.1) is 0 Å². The third kappa shape index (κ3) is 1.04. The number of anilines is 1. The van der Waals surface area contributed by atoms with Crippen LogP contribution in [0.25, 0.3) is 0 Å². The number of nitrogens with zero attached hydrogens (tertiary/aromatic N) is 2. The number of fused-ring (bicyclic) bond motifs is 5. The number of carbonyl (C=O) groups excluding carboxylic acids is 2. The summed E-state index contributed by atoms with van der Waals surface area (Å²) < 4.78 is 5.06. The van der Waals surface area contributed by atoms with Crippen LogP contribution in [0.15, 0.2) is 22.7 Å². The van der Waals surface area contributed by atoms with E-state index in [1.165, 1.54) is 4.90 Å². The molecule has 2 aliphatic carbocycles. The van der Waals surface area contributed by atoms with Gasteiger partial charge in [-0.2, -0.15) is 0 Å². The first-order valence-corrected chi connectivity index (χ1v) is 6.16. The second kappa shape index (κ2) is 3.10. The number of carbonyl (C=O) groups is 2. The molecule has 0 aromatic carbocycles. The molecule has 2 bridgehead atoms. The van der Waals surface area contributed by atoms with Crippen LogP contribution < -0.4 is 4.90 Å². The highest BCUT2D eigenvalue weighted by Gasteiger charge is 2.60. The summed E-state index contributed by atoms with van der Waals surface area (Å²) in [6.45, 7) is 1.77. The average Bonchev–Trinajstić information content (AvgIpc) is 3.05. The zero-order valence-electron chi connectivity index (χ0n) is 9.87. The maximum absolute atomic E-state index is 12.4. The number of aromatic nitrogens is 1. The largest absolute Gasteiger partial charge is 0.338 e. The molecule has 1 saturated heterocycles. The van der Waals surface area contributed by atoms with Gasteiger partial charge in [0.15, 0.2) is 0 Å². The van der Waals surface area contributed by atoms with E-state index in [4.69, 9.17) is 4.52 Å². The minimum Gasteiger partial charge on any atom is -0.338 e. The summed E-state index contributed by atoms with van der Waals surface area (Å²) >= 11 is 0. The summed E-state index contributed by atoms with van der Waals surface area (Å²) in [4.78, 5) is 25.9. The quantitative estimate of drug-likeness (QED) is 0.551. The topological polar surface area (TPSA) is 63.4 Å². The first kappa shape index (κ1) is 10.1. The monoisotopic (exact) mass is 244 g/mol. The molecule has 1 aromatic heterocycles. The van der Waals surface area contributed by atoms with Gasteiger partial charge < -0.3 is 4.52 Å². The zero-order valence-corrected chi connectivity index (χ0v) is 9.87. The van der Waals surface area contributed by atoms with Crippen LogP contribution in [0.3, 0.4) is 0 Å². The Hall–Kier alpha value is -1.91. The molecule has 2 heterocycles. The fraction of sp³-hybridized carbons (Fsp3) is 0.462. The van der Waals surface area contributed by atoms with Gasteiger partial charge in [0.05, 0.1) is 17.5 Å². The van der Waals surface area contributed by atoms with Crippen molar-refractivity contribution in [3.8, 4) is 0 Å². The number of amides is 2. The summed E-state index contributed by atoms with van der Waals surface area (Å²) in [7, 11) is 0. The zero-order chi connectivity index (χ0) is 12.4. The Morgan fingerprint density at radius 3 is 2.33 bits per heavy atom. The van der Waals surface area contributed by atoms with Gasteiger partial charge in [-0.05, 0) is 25.2 Å². The number of hydrogen-bond donors (Lipinski definition) is 0. The lowest BCUT2D eigenvalue weighted by molar-refractivity contribution is -0.123. The fourth-order valence-electron chi connectivity index (χ4n) is 3.58. The first-order valence-electron chi connectivity index (χ1n) is 6.16. The highest BCUT2D eigenvalue weighted by Crippen LogP contribution is 2.53. The molecule has 1 saturated carbocycles. The molecule has 5 nitrogen and oxygen atoms in total. The van der Waals surface area contributed by atoms with Gasteiger partial charge in [-0.1, -0.05) is 17.3 Å². The van der Waals surface area contributed by atoms with Crippen LogP contribution in [-0.2, 0) is 9.59 Å². The van der Waals surface area contributed by atoms with Gasteiger partial charge in [0.1, 0.15) is 0 Å². The standard InChI is InChI=1S/C13H12N2O3/c1-6-4-9(18-14-6)15-12(16)10-7-2-3-8(5-7)11(10)13(15)17/h2-4,7-8,10-11H,5H2,1H3/t7-,8+,10-,11+. The maximum atomic E-state index is 12.4. The third-order valence-corrected chi connectivity index (χ3v) is 4.31. The molecule has 18 heavy (non-hydrogen) atoms. The predicted molar refractivity (Wildman–Crippen MR) is 61.5 cm³/mol. The van der Waals surface area contributed by atoms with E-state index in [1.54, 1.807) is 13.0 Å². The van der Waals surface area contributed by atoms with Gasteiger partial charge in [0, 0.05) is 6.07 Å². The minimum absolute atomic E-state index is 0.127. The van der Waals surface area contributed by atoms with E-state index in [0.29, 0.717) is 5.69 Å². The van der Waals surface area contributed by atoms with E-state index in [-0.39, 0.29) is 41.4 Å². The molecule has 0 N–H and O–H groups in total. The van der Waals surface area contributed by atoms with E-state index in [0.717, 1.165) is 6.42 Å². The van der Waals surface area contributed by atoms with E-state index in [9.17, 15) is 9.59 Å². The lowest BCUT2D eigenvalue weighted by Gasteiger charge is -2.14. The molecule has 4 atom stereocenters. The smallest absolute Gasteiger partial charge is 0.240 e. The molecular formula is C13H12N2O3. The maximum Gasteiger partial charge on any atom is 0.240 e. The van der Waals surface area contributed by atoms with Crippen molar-refractivity contribution in [2.75, 3.05) is 4.90 Å². The van der Waals surface area contributed by atoms with Gasteiger partial charge in [0.25, 0.3) is 0 Å². The van der Waals surface area contributed by atoms with Crippen molar-refractivity contribution < 1.29 is 14.1 Å². The van der Waals surface area contributed by atoms with Gasteiger partial charge in [-0.25, -0.2) is 4.90 Å². The molecule has 2 fully saturated rings. The lowest BCUT2D eigenvalue weighted by atomic mass is 9.85. The summed E-state index contributed by atoms with van der Waals surface area (Å²) in [5.41, 5.74) is 0.670. The Morgan fingerprint density at radius 2 is 1.83 bits per heavy atom. The highest BCUT2D eigenvalue weighted by molar-refractivity contribution is 6.22. The van der Waals surface area contributed by atoms with Crippen LogP contribution in [-0.4, -0.2) is 17.0 Å². The normalized spacial score (nSPS) is 36.8. The van der Waals surface area contributed by atoms with Gasteiger partial charge in [0.2, 0.25) is 17.7 Å². The fourth-order valence-corrected chi connectivity index (χ4v) is 3.58. The lowest BCUT2D eigenvalue weighted by Crippen LogP contribution is -2.32. The Labute approximate surface area is 103 Å². The molecule has 0 radical (unpaired) electrons. The minimum atomic E-state index is -0.182. The predicted octanol–water partition coefficient (Wildman–Crippen LogP) is 1.29. The van der Waals surface area contributed by atoms with Crippen LogP contribution in [0.2, 0.25) is 0 Å². The highest BCUT2D eigenvalue weighted by atomic mass is 16.5. The molecule has 1 aliphatic heterocycles. The molecule has 3 aliphatic rings. The Bertz CT molecular complexity index is 559. The number of hydrogen-bond acceptors (Lipinski definition) is 4. The summed E-state index contributed by atoms with van der Waals surface area (Å²) in [5, 5.41) is 3.74. The van der Waals surface area contributed by atoms with Crippen molar-refractivity contribution >= 4 is 17.7 Å². The van der Waals surface area contributed by atoms with Crippen LogP contribution in [0.4, 0.5) is 5.88 Å².